The van der Waals surface area contributed by atoms with E-state index in [9.17, 15) is 20.4 Å². The van der Waals surface area contributed by atoms with Gasteiger partial charge < -0.3 is 35.2 Å². The molecule has 3 aromatic carbocycles. The molecule has 0 aliphatic carbocycles. The van der Waals surface area contributed by atoms with E-state index in [1.165, 1.54) is 11.6 Å². The number of aliphatic hydroxyl groups is 3. The van der Waals surface area contributed by atoms with Crippen LogP contribution >= 0.6 is 0 Å². The molecule has 0 bridgehead atoms. The Morgan fingerprint density at radius 1 is 0.975 bits per heavy atom. The summed E-state index contributed by atoms with van der Waals surface area (Å²) in [6, 6.07) is 17.3. The Hall–Kier alpha value is -3.14. The molecule has 3 atom stereocenters. The second-order valence-corrected chi connectivity index (χ2v) is 10.5. The van der Waals surface area contributed by atoms with Crippen LogP contribution in [-0.2, 0) is 32.4 Å². The van der Waals surface area contributed by atoms with Crippen molar-refractivity contribution < 1.29 is 29.9 Å². The maximum atomic E-state index is 11.1. The average Bonchev–Trinajstić information content (AvgIpc) is 2.95. The summed E-state index contributed by atoms with van der Waals surface area (Å²) in [5.41, 5.74) is 5.66. The molecule has 8 nitrogen and oxygen atoms in total. The molecule has 0 saturated carbocycles. The van der Waals surface area contributed by atoms with Gasteiger partial charge in [0, 0.05) is 37.7 Å². The molecule has 0 radical (unpaired) electrons. The highest BCUT2D eigenvalue weighted by Gasteiger charge is 2.24. The van der Waals surface area contributed by atoms with Gasteiger partial charge >= 0.3 is 0 Å². The fourth-order valence-corrected chi connectivity index (χ4v) is 5.29. The monoisotopic (exact) mass is 550 g/mol. The summed E-state index contributed by atoms with van der Waals surface area (Å²) >= 11 is 0. The van der Waals surface area contributed by atoms with Gasteiger partial charge in [-0.2, -0.15) is 0 Å². The van der Waals surface area contributed by atoms with Gasteiger partial charge in [-0.3, -0.25) is 4.90 Å². The summed E-state index contributed by atoms with van der Waals surface area (Å²) in [6.45, 7) is 6.09. The Morgan fingerprint density at radius 2 is 1.73 bits per heavy atom. The lowest BCUT2D eigenvalue weighted by Gasteiger charge is -2.33. The molecule has 1 aliphatic heterocycles. The van der Waals surface area contributed by atoms with Gasteiger partial charge in [-0.25, -0.2) is 0 Å². The molecule has 0 aromatic heterocycles. The van der Waals surface area contributed by atoms with Crippen LogP contribution in [0, 0.1) is 0 Å². The molecule has 216 valence electrons. The van der Waals surface area contributed by atoms with Crippen molar-refractivity contribution in [1.29, 1.82) is 0 Å². The van der Waals surface area contributed by atoms with Gasteiger partial charge in [-0.1, -0.05) is 30.3 Å². The lowest BCUT2D eigenvalue weighted by Crippen LogP contribution is -2.40. The molecule has 1 aliphatic rings. The number of methoxy groups -OCH3 is 1. The van der Waals surface area contributed by atoms with E-state index in [2.05, 4.69) is 35.3 Å². The van der Waals surface area contributed by atoms with Gasteiger partial charge in [0.2, 0.25) is 0 Å². The summed E-state index contributed by atoms with van der Waals surface area (Å²) in [5.74, 6) is 1.51. The molecule has 8 heteroatoms. The summed E-state index contributed by atoms with van der Waals surface area (Å²) in [4.78, 5) is 2.11. The van der Waals surface area contributed by atoms with E-state index >= 15 is 0 Å². The predicted octanol–water partition coefficient (Wildman–Crippen LogP) is 3.47. The zero-order valence-electron chi connectivity index (χ0n) is 23.6. The van der Waals surface area contributed by atoms with Crippen molar-refractivity contribution in [1.82, 2.24) is 10.2 Å². The van der Waals surface area contributed by atoms with Gasteiger partial charge in [0.05, 0.1) is 26.4 Å². The highest BCUT2D eigenvalue weighted by molar-refractivity contribution is 5.48. The number of nitrogens with zero attached hydrogens (tertiary/aromatic N) is 1. The van der Waals surface area contributed by atoms with E-state index in [0.717, 1.165) is 47.6 Å². The molecular weight excluding hydrogens is 508 g/mol. The summed E-state index contributed by atoms with van der Waals surface area (Å²) in [7, 11) is 1.66. The molecule has 0 amide bonds. The number of aliphatic hydroxyl groups excluding tert-OH is 3. The van der Waals surface area contributed by atoms with Crippen LogP contribution < -0.4 is 14.8 Å². The van der Waals surface area contributed by atoms with Gasteiger partial charge in [0.15, 0.2) is 11.5 Å². The van der Waals surface area contributed by atoms with Crippen LogP contribution in [0.4, 0.5) is 0 Å². The van der Waals surface area contributed by atoms with Crippen molar-refractivity contribution in [2.45, 2.75) is 64.6 Å². The lowest BCUT2D eigenvalue weighted by molar-refractivity contribution is -0.00499. The van der Waals surface area contributed by atoms with E-state index in [4.69, 9.17) is 9.47 Å². The van der Waals surface area contributed by atoms with Gasteiger partial charge in [-0.15, -0.1) is 0 Å². The molecule has 1 unspecified atom stereocenters. The number of hydrogen-bond acceptors (Lipinski definition) is 8. The summed E-state index contributed by atoms with van der Waals surface area (Å²) < 4.78 is 11.2. The molecule has 1 heterocycles. The number of hydrogen-bond donors (Lipinski definition) is 5. The van der Waals surface area contributed by atoms with Crippen LogP contribution in [0.5, 0.6) is 17.2 Å². The molecular formula is C32H42N2O6. The number of nitrogens with one attached hydrogen (secondary N) is 1. The van der Waals surface area contributed by atoms with E-state index in [-0.39, 0.29) is 18.4 Å². The number of fused-ring (bicyclic) bond motifs is 1. The quantitative estimate of drug-likeness (QED) is 0.220. The van der Waals surface area contributed by atoms with Gasteiger partial charge in [0.25, 0.3) is 0 Å². The van der Waals surface area contributed by atoms with Crippen molar-refractivity contribution in [2.75, 3.05) is 26.8 Å². The third-order valence-electron chi connectivity index (χ3n) is 7.52. The molecule has 3 aromatic rings. The van der Waals surface area contributed by atoms with Gasteiger partial charge in [-0.05, 0) is 78.8 Å². The number of aromatic hydroxyl groups is 1. The van der Waals surface area contributed by atoms with Crippen molar-refractivity contribution in [3.8, 4) is 17.2 Å². The molecule has 4 rings (SSSR count). The Labute approximate surface area is 236 Å². The third kappa shape index (κ3) is 7.53. The maximum absolute atomic E-state index is 11.1. The predicted molar refractivity (Wildman–Crippen MR) is 155 cm³/mol. The Morgan fingerprint density at radius 3 is 2.45 bits per heavy atom. The minimum Gasteiger partial charge on any atom is -0.508 e. The smallest absolute Gasteiger partial charge is 0.161 e. The standard InChI is InChI=1S/C32H42N2O6/c1-4-40-31-17-26-19-34(11-10-24(26)16-30(31)39-3)32(38)14-23-7-5-6-22(13-23)12-21(2)33-18-29(37)25-8-9-28(36)27(15-25)20-35/h5-9,13,15-17,21,29,32-33,35-38H,4,10-12,14,18-20H2,1-3H3/t21-,29+,32?/m1/s1. The van der Waals surface area contributed by atoms with Crippen molar-refractivity contribution in [3.05, 3.63) is 88.0 Å². The molecule has 40 heavy (non-hydrogen) atoms. The Bertz CT molecular complexity index is 1270. The first kappa shape index (κ1) is 29.8. The first-order valence-electron chi connectivity index (χ1n) is 14.0. The van der Waals surface area contributed by atoms with Crippen molar-refractivity contribution in [2.24, 2.45) is 0 Å². The molecule has 0 fully saturated rings. The van der Waals surface area contributed by atoms with E-state index < -0.39 is 12.3 Å². The van der Waals surface area contributed by atoms with E-state index in [1.54, 1.807) is 19.2 Å². The number of ether oxygens (including phenoxy) is 2. The van der Waals surface area contributed by atoms with E-state index in [1.807, 2.05) is 25.1 Å². The number of phenols is 1. The molecule has 5 N–H and O–H groups in total. The largest absolute Gasteiger partial charge is 0.508 e. The first-order chi connectivity index (χ1) is 19.3. The van der Waals surface area contributed by atoms with Crippen LogP contribution in [0.15, 0.2) is 54.6 Å². The first-order valence-corrected chi connectivity index (χ1v) is 14.0. The SMILES string of the molecule is CCOc1cc2c(cc1OC)CCN(C(O)Cc1cccc(C[C@@H](C)NC[C@H](O)c3ccc(O)c(CO)c3)c1)C2. The Balaban J connectivity index is 1.31. The van der Waals surface area contributed by atoms with Crippen LogP contribution in [0.3, 0.4) is 0 Å². The highest BCUT2D eigenvalue weighted by Crippen LogP contribution is 2.34. The average molecular weight is 551 g/mol. The van der Waals surface area contributed by atoms with Crippen LogP contribution in [0.2, 0.25) is 0 Å². The minimum atomic E-state index is -0.754. The van der Waals surface area contributed by atoms with Crippen LogP contribution in [0.25, 0.3) is 0 Å². The third-order valence-corrected chi connectivity index (χ3v) is 7.52. The van der Waals surface area contributed by atoms with Crippen molar-refractivity contribution in [3.63, 3.8) is 0 Å². The highest BCUT2D eigenvalue weighted by atomic mass is 16.5. The number of rotatable bonds is 13. The van der Waals surface area contributed by atoms with E-state index in [0.29, 0.717) is 37.2 Å². The maximum Gasteiger partial charge on any atom is 0.161 e. The zero-order valence-corrected chi connectivity index (χ0v) is 23.6. The van der Waals surface area contributed by atoms with Crippen molar-refractivity contribution >= 4 is 0 Å². The fourth-order valence-electron chi connectivity index (χ4n) is 5.29. The second kappa shape index (κ2) is 14.0. The van der Waals surface area contributed by atoms with Crippen LogP contribution in [-0.4, -0.2) is 64.4 Å². The summed E-state index contributed by atoms with van der Waals surface area (Å²) in [5, 5.41) is 44.2. The summed E-state index contributed by atoms with van der Waals surface area (Å²) in [6.07, 6.45) is 0.797. The topological polar surface area (TPSA) is 115 Å². The second-order valence-electron chi connectivity index (χ2n) is 10.5. The molecule has 0 spiro atoms. The van der Waals surface area contributed by atoms with Crippen LogP contribution in [0.1, 0.15) is 53.3 Å². The molecule has 0 saturated heterocycles. The number of benzene rings is 3. The minimum absolute atomic E-state index is 0.0197. The lowest BCUT2D eigenvalue weighted by atomic mass is 9.97. The van der Waals surface area contributed by atoms with Gasteiger partial charge in [0.1, 0.15) is 12.0 Å². The normalized spacial score (nSPS) is 15.8. The Kier molecular flexibility index (Phi) is 10.4. The zero-order chi connectivity index (χ0) is 28.6. The fraction of sp³-hybridized carbons (Fsp3) is 0.438.